The quantitative estimate of drug-likeness (QED) is 0.724. The van der Waals surface area contributed by atoms with E-state index in [1.54, 1.807) is 0 Å². The number of carbonyl (C=O) groups excluding carboxylic acids is 1. The van der Waals surface area contributed by atoms with Gasteiger partial charge >= 0.3 is 5.97 Å². The largest absolute Gasteiger partial charge is 0.493 e. The number of hydrogen-bond acceptors (Lipinski definition) is 8. The molecule has 0 aromatic heterocycles. The summed E-state index contributed by atoms with van der Waals surface area (Å²) in [5.41, 5.74) is 0.284. The molecule has 2 heterocycles. The summed E-state index contributed by atoms with van der Waals surface area (Å²) < 4.78 is 21.4. The zero-order valence-electron chi connectivity index (χ0n) is 15.3. The summed E-state index contributed by atoms with van der Waals surface area (Å²) in [4.78, 5) is 14.6. The van der Waals surface area contributed by atoms with Crippen molar-refractivity contribution in [2.24, 2.45) is 0 Å². The highest BCUT2D eigenvalue weighted by molar-refractivity contribution is 5.91. The molecule has 0 saturated carbocycles. The Balaban J connectivity index is 1.77. The third-order valence-electron chi connectivity index (χ3n) is 5.37. The number of aliphatic hydroxyl groups is 2. The Labute approximate surface area is 152 Å². The van der Waals surface area contributed by atoms with Crippen LogP contribution in [0.15, 0.2) is 12.1 Å². The van der Waals surface area contributed by atoms with Gasteiger partial charge in [-0.25, -0.2) is 4.79 Å². The molecule has 26 heavy (non-hydrogen) atoms. The summed E-state index contributed by atoms with van der Waals surface area (Å²) in [6, 6.07) is 2.64. The number of esters is 1. The molecule has 3 rings (SSSR count). The van der Waals surface area contributed by atoms with E-state index in [1.165, 1.54) is 33.5 Å². The van der Waals surface area contributed by atoms with Gasteiger partial charge in [-0.05, 0) is 19.2 Å². The van der Waals surface area contributed by atoms with Crippen LogP contribution in [0.1, 0.15) is 23.2 Å². The molecule has 1 aromatic carbocycles. The number of methoxy groups -OCH3 is 3. The second-order valence-corrected chi connectivity index (χ2v) is 6.69. The van der Waals surface area contributed by atoms with Gasteiger partial charge in [0.1, 0.15) is 6.10 Å². The number of aliphatic hydroxyl groups excluding tert-OH is 2. The second-order valence-electron chi connectivity index (χ2n) is 6.69. The van der Waals surface area contributed by atoms with Gasteiger partial charge in [-0.2, -0.15) is 0 Å². The van der Waals surface area contributed by atoms with Crippen molar-refractivity contribution in [2.75, 3.05) is 28.4 Å². The van der Waals surface area contributed by atoms with E-state index in [-0.39, 0.29) is 23.8 Å². The van der Waals surface area contributed by atoms with E-state index in [4.69, 9.17) is 18.9 Å². The highest BCUT2D eigenvalue weighted by atomic mass is 16.5. The third-order valence-corrected chi connectivity index (χ3v) is 5.37. The first-order valence-corrected chi connectivity index (χ1v) is 8.50. The third kappa shape index (κ3) is 3.08. The monoisotopic (exact) mass is 367 g/mol. The Bertz CT molecular complexity index is 628. The Kier molecular flexibility index (Phi) is 5.27. The lowest BCUT2D eigenvalue weighted by Gasteiger charge is -2.35. The Morgan fingerprint density at radius 1 is 1.00 bits per heavy atom. The minimum Gasteiger partial charge on any atom is -0.493 e. The fourth-order valence-corrected chi connectivity index (χ4v) is 3.94. The molecule has 2 saturated heterocycles. The normalized spacial score (nSPS) is 30.8. The van der Waals surface area contributed by atoms with Crippen LogP contribution < -0.4 is 14.2 Å². The SMILES string of the molecule is COc1cc(C(=O)OC2C[C@@H]3[C@@H](O)[C@@H](O)[C@H](C2)N3C)cc(OC)c1OC. The Hall–Kier alpha value is -2.03. The number of fused-ring (bicyclic) bond motifs is 2. The molecule has 8 nitrogen and oxygen atoms in total. The molecule has 1 aromatic rings. The molecule has 1 unspecified atom stereocenters. The summed E-state index contributed by atoms with van der Waals surface area (Å²) in [7, 11) is 6.31. The van der Waals surface area contributed by atoms with Crippen LogP contribution >= 0.6 is 0 Å². The van der Waals surface area contributed by atoms with Crippen LogP contribution in [-0.4, -0.2) is 79.9 Å². The van der Waals surface area contributed by atoms with E-state index in [9.17, 15) is 15.0 Å². The first-order valence-electron chi connectivity index (χ1n) is 8.50. The molecule has 2 aliphatic heterocycles. The maximum Gasteiger partial charge on any atom is 0.338 e. The smallest absolute Gasteiger partial charge is 0.338 e. The van der Waals surface area contributed by atoms with Crippen molar-refractivity contribution in [3.05, 3.63) is 17.7 Å². The van der Waals surface area contributed by atoms with Crippen molar-refractivity contribution in [2.45, 2.75) is 43.2 Å². The van der Waals surface area contributed by atoms with Gasteiger partial charge in [-0.1, -0.05) is 0 Å². The van der Waals surface area contributed by atoms with E-state index in [0.717, 1.165) is 0 Å². The molecule has 144 valence electrons. The molecule has 2 bridgehead atoms. The minimum absolute atomic E-state index is 0.221. The summed E-state index contributed by atoms with van der Waals surface area (Å²) in [6.45, 7) is 0. The van der Waals surface area contributed by atoms with Gasteiger partial charge in [0.2, 0.25) is 5.75 Å². The number of ether oxygens (including phenoxy) is 4. The standard InChI is InChI=1S/C18H25NO7/c1-19-11-7-10(8-12(19)16(21)15(11)20)26-18(22)9-5-13(23-2)17(25-4)14(6-9)24-3/h5-6,10-12,15-16,20-21H,7-8H2,1-4H3/t10?,11-,12+,15-,16+. The summed E-state index contributed by atoms with van der Waals surface area (Å²) >= 11 is 0. The lowest BCUT2D eigenvalue weighted by molar-refractivity contribution is -0.00966. The van der Waals surface area contributed by atoms with Crippen LogP contribution in [-0.2, 0) is 4.74 Å². The molecular weight excluding hydrogens is 342 g/mol. The predicted molar refractivity (Wildman–Crippen MR) is 91.9 cm³/mol. The van der Waals surface area contributed by atoms with Crippen LogP contribution in [0.5, 0.6) is 17.2 Å². The van der Waals surface area contributed by atoms with Crippen molar-refractivity contribution in [1.29, 1.82) is 0 Å². The van der Waals surface area contributed by atoms with E-state index in [0.29, 0.717) is 30.1 Å². The van der Waals surface area contributed by atoms with Gasteiger partial charge in [0.15, 0.2) is 11.5 Å². The lowest BCUT2D eigenvalue weighted by atomic mass is 10.00. The molecule has 0 amide bonds. The number of hydrogen-bond donors (Lipinski definition) is 2. The Morgan fingerprint density at radius 3 is 1.92 bits per heavy atom. The van der Waals surface area contributed by atoms with Crippen molar-refractivity contribution in [3.63, 3.8) is 0 Å². The van der Waals surface area contributed by atoms with Crippen LogP contribution in [0, 0.1) is 0 Å². The molecule has 0 spiro atoms. The number of benzene rings is 1. The summed E-state index contributed by atoms with van der Waals surface area (Å²) in [5.74, 6) is 0.624. The van der Waals surface area contributed by atoms with Crippen molar-refractivity contribution in [1.82, 2.24) is 4.90 Å². The second kappa shape index (κ2) is 7.30. The lowest BCUT2D eigenvalue weighted by Crippen LogP contribution is -2.46. The van der Waals surface area contributed by atoms with Gasteiger partial charge in [0, 0.05) is 24.9 Å². The van der Waals surface area contributed by atoms with E-state index >= 15 is 0 Å². The Morgan fingerprint density at radius 2 is 1.50 bits per heavy atom. The van der Waals surface area contributed by atoms with Crippen molar-refractivity contribution in [3.8, 4) is 17.2 Å². The van der Waals surface area contributed by atoms with Crippen molar-refractivity contribution >= 4 is 5.97 Å². The topological polar surface area (TPSA) is 97.7 Å². The van der Waals surface area contributed by atoms with Crippen LogP contribution in [0.2, 0.25) is 0 Å². The van der Waals surface area contributed by atoms with Gasteiger partial charge in [0.05, 0.1) is 39.1 Å². The zero-order valence-corrected chi connectivity index (χ0v) is 15.3. The molecule has 0 radical (unpaired) electrons. The maximum atomic E-state index is 12.6. The molecule has 2 aliphatic rings. The number of carbonyl (C=O) groups is 1. The predicted octanol–water partition coefficient (Wildman–Crippen LogP) is 0.436. The number of nitrogens with zero attached hydrogens (tertiary/aromatic N) is 1. The molecule has 5 atom stereocenters. The fraction of sp³-hybridized carbons (Fsp3) is 0.611. The maximum absolute atomic E-state index is 12.6. The fourth-order valence-electron chi connectivity index (χ4n) is 3.94. The van der Waals surface area contributed by atoms with Crippen molar-refractivity contribution < 1.29 is 34.0 Å². The molecule has 0 aliphatic carbocycles. The number of likely N-dealkylation sites (N-methyl/N-ethyl adjacent to an activating group) is 1. The molecular formula is C18H25NO7. The summed E-state index contributed by atoms with van der Waals surface area (Å²) in [5, 5.41) is 20.2. The first kappa shape index (κ1) is 18.8. The van der Waals surface area contributed by atoms with E-state index in [1.807, 2.05) is 11.9 Å². The van der Waals surface area contributed by atoms with Crippen LogP contribution in [0.25, 0.3) is 0 Å². The average Bonchev–Trinajstić information content (AvgIpc) is 2.77. The first-order chi connectivity index (χ1) is 12.4. The van der Waals surface area contributed by atoms with Gasteiger partial charge in [-0.15, -0.1) is 0 Å². The molecule has 8 heteroatoms. The minimum atomic E-state index is -0.824. The van der Waals surface area contributed by atoms with E-state index < -0.39 is 18.2 Å². The van der Waals surface area contributed by atoms with Gasteiger partial charge < -0.3 is 29.2 Å². The van der Waals surface area contributed by atoms with Crippen LogP contribution in [0.3, 0.4) is 0 Å². The number of rotatable bonds is 5. The van der Waals surface area contributed by atoms with Crippen LogP contribution in [0.4, 0.5) is 0 Å². The van der Waals surface area contributed by atoms with E-state index in [2.05, 4.69) is 0 Å². The molecule has 2 fully saturated rings. The van der Waals surface area contributed by atoms with Gasteiger partial charge in [0.25, 0.3) is 0 Å². The van der Waals surface area contributed by atoms with Gasteiger partial charge in [-0.3, -0.25) is 4.90 Å². The molecule has 2 N–H and O–H groups in total. The highest BCUT2D eigenvalue weighted by Crippen LogP contribution is 2.39. The average molecular weight is 367 g/mol. The zero-order chi connectivity index (χ0) is 19.0. The number of piperidine rings is 1. The highest BCUT2D eigenvalue weighted by Gasteiger charge is 2.51. The summed E-state index contributed by atoms with van der Waals surface area (Å²) in [6.07, 6.45) is -1.08.